The van der Waals surface area contributed by atoms with Crippen molar-refractivity contribution in [3.8, 4) is 11.1 Å². The van der Waals surface area contributed by atoms with Crippen molar-refractivity contribution >= 4 is 0 Å². The van der Waals surface area contributed by atoms with Crippen molar-refractivity contribution in [2.75, 3.05) is 13.1 Å². The van der Waals surface area contributed by atoms with Crippen LogP contribution in [0.2, 0.25) is 0 Å². The molecule has 28 heavy (non-hydrogen) atoms. The molecular formula is C24H25N3O. The van der Waals surface area contributed by atoms with Crippen LogP contribution in [0.25, 0.3) is 11.1 Å². The Morgan fingerprint density at radius 1 is 0.964 bits per heavy atom. The first-order valence-corrected chi connectivity index (χ1v) is 10.1. The molecule has 3 aromatic rings. The van der Waals surface area contributed by atoms with Crippen LogP contribution in [0.15, 0.2) is 65.6 Å². The van der Waals surface area contributed by atoms with Crippen molar-refractivity contribution in [2.45, 2.75) is 32.4 Å². The minimum absolute atomic E-state index is 0.166. The normalized spacial score (nSPS) is 21.3. The molecular weight excluding hydrogens is 346 g/mol. The Bertz CT molecular complexity index is 1060. The van der Waals surface area contributed by atoms with E-state index in [0.29, 0.717) is 11.8 Å². The number of benzene rings is 1. The molecule has 2 aromatic heterocycles. The molecule has 142 valence electrons. The molecule has 2 atom stereocenters. The lowest BCUT2D eigenvalue weighted by Crippen LogP contribution is -2.47. The number of piperidine rings is 1. The summed E-state index contributed by atoms with van der Waals surface area (Å²) in [6, 6.07) is 18.5. The van der Waals surface area contributed by atoms with Crippen LogP contribution in [-0.4, -0.2) is 27.5 Å². The lowest BCUT2D eigenvalue weighted by Gasteiger charge is -2.42. The first-order valence-electron chi connectivity index (χ1n) is 10.1. The van der Waals surface area contributed by atoms with E-state index in [1.807, 2.05) is 30.5 Å². The van der Waals surface area contributed by atoms with E-state index in [0.717, 1.165) is 48.6 Å². The molecule has 2 aliphatic heterocycles. The van der Waals surface area contributed by atoms with Gasteiger partial charge in [0.25, 0.3) is 5.56 Å². The average molecular weight is 371 g/mol. The summed E-state index contributed by atoms with van der Waals surface area (Å²) in [5.74, 6) is 0.953. The fourth-order valence-corrected chi connectivity index (χ4v) is 4.97. The van der Waals surface area contributed by atoms with E-state index in [1.54, 1.807) is 0 Å². The summed E-state index contributed by atoms with van der Waals surface area (Å²) in [5.41, 5.74) is 5.51. The van der Waals surface area contributed by atoms with E-state index >= 15 is 0 Å². The van der Waals surface area contributed by atoms with Gasteiger partial charge in [-0.25, -0.2) is 0 Å². The highest BCUT2D eigenvalue weighted by atomic mass is 16.1. The molecule has 0 amide bonds. The molecule has 5 rings (SSSR count). The Morgan fingerprint density at radius 2 is 1.82 bits per heavy atom. The fraction of sp³-hybridized carbons (Fsp3) is 0.333. The van der Waals surface area contributed by atoms with Gasteiger partial charge in [0, 0.05) is 49.6 Å². The minimum Gasteiger partial charge on any atom is -0.311 e. The first-order chi connectivity index (χ1) is 13.7. The molecule has 4 nitrogen and oxygen atoms in total. The molecule has 1 saturated heterocycles. The van der Waals surface area contributed by atoms with Gasteiger partial charge in [0.2, 0.25) is 0 Å². The van der Waals surface area contributed by atoms with Gasteiger partial charge in [0.15, 0.2) is 0 Å². The number of hydrogen-bond donors (Lipinski definition) is 0. The third-order valence-corrected chi connectivity index (χ3v) is 6.23. The summed E-state index contributed by atoms with van der Waals surface area (Å²) in [4.78, 5) is 20.3. The summed E-state index contributed by atoms with van der Waals surface area (Å²) in [6.07, 6.45) is 3.05. The van der Waals surface area contributed by atoms with Crippen molar-refractivity contribution in [3.05, 3.63) is 88.1 Å². The van der Waals surface area contributed by atoms with Crippen LogP contribution in [-0.2, 0) is 13.1 Å². The summed E-state index contributed by atoms with van der Waals surface area (Å²) in [6.45, 7) is 5.81. The molecule has 2 bridgehead atoms. The quantitative estimate of drug-likeness (QED) is 0.702. The molecule has 4 heterocycles. The highest BCUT2D eigenvalue weighted by Gasteiger charge is 2.35. The maximum atomic E-state index is 13.3. The van der Waals surface area contributed by atoms with Crippen molar-refractivity contribution < 1.29 is 0 Å². The second kappa shape index (κ2) is 7.02. The highest BCUT2D eigenvalue weighted by molar-refractivity contribution is 5.66. The maximum Gasteiger partial charge on any atom is 0.258 e. The number of pyridine rings is 2. The number of aromatic nitrogens is 2. The third-order valence-electron chi connectivity index (χ3n) is 6.23. The smallest absolute Gasteiger partial charge is 0.258 e. The van der Waals surface area contributed by atoms with Crippen molar-refractivity contribution in [2.24, 2.45) is 5.92 Å². The summed E-state index contributed by atoms with van der Waals surface area (Å²) in [5, 5.41) is 0. The number of rotatable bonds is 3. The Labute approximate surface area is 165 Å². The molecule has 1 fully saturated rings. The highest BCUT2D eigenvalue weighted by Crippen LogP contribution is 2.36. The summed E-state index contributed by atoms with van der Waals surface area (Å²) in [7, 11) is 0. The van der Waals surface area contributed by atoms with E-state index in [9.17, 15) is 4.79 Å². The number of fused-ring (bicyclic) bond motifs is 4. The molecule has 0 N–H and O–H groups in total. The van der Waals surface area contributed by atoms with Crippen LogP contribution in [0.5, 0.6) is 0 Å². The van der Waals surface area contributed by atoms with Gasteiger partial charge in [-0.15, -0.1) is 0 Å². The predicted molar refractivity (Wildman–Crippen MR) is 111 cm³/mol. The Balaban J connectivity index is 1.46. The van der Waals surface area contributed by atoms with Crippen LogP contribution >= 0.6 is 0 Å². The zero-order chi connectivity index (χ0) is 19.1. The molecule has 0 saturated carbocycles. The van der Waals surface area contributed by atoms with E-state index in [1.165, 1.54) is 12.1 Å². The number of nitrogens with zero attached hydrogens (tertiary/aromatic N) is 3. The Hall–Kier alpha value is -2.72. The molecule has 0 aliphatic carbocycles. The predicted octanol–water partition coefficient (Wildman–Crippen LogP) is 3.84. The van der Waals surface area contributed by atoms with Gasteiger partial charge >= 0.3 is 0 Å². The topological polar surface area (TPSA) is 38.1 Å². The SMILES string of the molecule is Cc1ccccc1-c1ccc2n(c1=O)C[C@H]1C[C@@H]2CN(Cc2ccccn2)C1. The lowest BCUT2D eigenvalue weighted by atomic mass is 9.82. The van der Waals surface area contributed by atoms with Gasteiger partial charge in [-0.3, -0.25) is 14.7 Å². The van der Waals surface area contributed by atoms with Gasteiger partial charge in [-0.05, 0) is 54.7 Å². The Kier molecular flexibility index (Phi) is 4.36. The van der Waals surface area contributed by atoms with Gasteiger partial charge in [0.1, 0.15) is 0 Å². The molecule has 0 spiro atoms. The molecule has 1 aromatic carbocycles. The summed E-state index contributed by atoms with van der Waals surface area (Å²) >= 11 is 0. The zero-order valence-corrected chi connectivity index (χ0v) is 16.2. The van der Waals surface area contributed by atoms with E-state index < -0.39 is 0 Å². The van der Waals surface area contributed by atoms with Gasteiger partial charge in [-0.1, -0.05) is 30.3 Å². The standard InChI is InChI=1S/C24H25N3O/c1-17-6-2-3-8-21(17)22-9-10-23-19-12-18(14-27(23)24(22)28)13-26(15-19)16-20-7-4-5-11-25-20/h2-11,18-19H,12-16H2,1H3/t18-,19+/m0/s1. The second-order valence-corrected chi connectivity index (χ2v) is 8.22. The molecule has 2 aliphatic rings. The zero-order valence-electron chi connectivity index (χ0n) is 16.2. The first kappa shape index (κ1) is 17.4. The largest absolute Gasteiger partial charge is 0.311 e. The summed E-state index contributed by atoms with van der Waals surface area (Å²) < 4.78 is 2.05. The molecule has 4 heteroatoms. The number of aryl methyl sites for hydroxylation is 1. The minimum atomic E-state index is 0.166. The third kappa shape index (κ3) is 3.08. The van der Waals surface area contributed by atoms with Crippen molar-refractivity contribution in [1.29, 1.82) is 0 Å². The van der Waals surface area contributed by atoms with Gasteiger partial charge in [0.05, 0.1) is 5.69 Å². The fourth-order valence-electron chi connectivity index (χ4n) is 4.97. The lowest BCUT2D eigenvalue weighted by molar-refractivity contribution is 0.113. The van der Waals surface area contributed by atoms with E-state index in [4.69, 9.17) is 0 Å². The van der Waals surface area contributed by atoms with Gasteiger partial charge < -0.3 is 4.57 Å². The second-order valence-electron chi connectivity index (χ2n) is 8.22. The number of likely N-dealkylation sites (tertiary alicyclic amines) is 1. The van der Waals surface area contributed by atoms with Crippen molar-refractivity contribution in [1.82, 2.24) is 14.5 Å². The van der Waals surface area contributed by atoms with Gasteiger partial charge in [-0.2, -0.15) is 0 Å². The monoisotopic (exact) mass is 371 g/mol. The number of hydrogen-bond acceptors (Lipinski definition) is 3. The maximum absolute atomic E-state index is 13.3. The van der Waals surface area contributed by atoms with Crippen LogP contribution in [0.3, 0.4) is 0 Å². The van der Waals surface area contributed by atoms with E-state index in [-0.39, 0.29) is 5.56 Å². The molecule has 0 radical (unpaired) electrons. The molecule has 0 unspecified atom stereocenters. The Morgan fingerprint density at radius 3 is 2.64 bits per heavy atom. The average Bonchev–Trinajstić information content (AvgIpc) is 2.70. The van der Waals surface area contributed by atoms with E-state index in [2.05, 4.69) is 51.7 Å². The van der Waals surface area contributed by atoms with Crippen LogP contribution in [0.1, 0.15) is 29.3 Å². The van der Waals surface area contributed by atoms with Crippen LogP contribution < -0.4 is 5.56 Å². The van der Waals surface area contributed by atoms with Crippen LogP contribution in [0.4, 0.5) is 0 Å². The van der Waals surface area contributed by atoms with Crippen molar-refractivity contribution in [3.63, 3.8) is 0 Å². The van der Waals surface area contributed by atoms with Crippen LogP contribution in [0, 0.1) is 12.8 Å².